The van der Waals surface area contributed by atoms with E-state index in [1.54, 1.807) is 20.8 Å². The Morgan fingerprint density at radius 3 is 1.88 bits per heavy atom. The number of sulfone groups is 1. The molecule has 1 unspecified atom stereocenters. The fraction of sp³-hybridized carbons (Fsp3) is 1.00. The third kappa shape index (κ3) is 5.30. The van der Waals surface area contributed by atoms with Crippen molar-refractivity contribution in [2.24, 2.45) is 11.1 Å². The zero-order valence-electron chi connectivity index (χ0n) is 11.5. The van der Waals surface area contributed by atoms with Crippen LogP contribution in [0.4, 0.5) is 0 Å². The molecule has 0 saturated heterocycles. The van der Waals surface area contributed by atoms with Crippen molar-refractivity contribution in [1.82, 2.24) is 0 Å². The predicted octanol–water partition coefficient (Wildman–Crippen LogP) is 2.35. The zero-order valence-corrected chi connectivity index (χ0v) is 12.3. The average Bonchev–Trinajstić information content (AvgIpc) is 1.96. The first-order chi connectivity index (χ1) is 6.87. The lowest BCUT2D eigenvalue weighted by molar-refractivity contribution is 0.300. The van der Waals surface area contributed by atoms with Crippen LogP contribution in [-0.2, 0) is 9.84 Å². The summed E-state index contributed by atoms with van der Waals surface area (Å²) < 4.78 is 23.3. The Morgan fingerprint density at radius 2 is 1.56 bits per heavy atom. The number of nitrogens with two attached hydrogens (primary N) is 1. The molecule has 0 radical (unpaired) electrons. The SMILES string of the molecule is CC(N)CC(C)(C)CCS(=O)(=O)C(C)(C)C. The van der Waals surface area contributed by atoms with E-state index in [2.05, 4.69) is 13.8 Å². The van der Waals surface area contributed by atoms with Crippen LogP contribution in [0.3, 0.4) is 0 Å². The largest absolute Gasteiger partial charge is 0.328 e. The van der Waals surface area contributed by atoms with Crippen LogP contribution < -0.4 is 5.73 Å². The third-order valence-corrected chi connectivity index (χ3v) is 5.46. The Morgan fingerprint density at radius 1 is 1.12 bits per heavy atom. The molecule has 0 rings (SSSR count). The van der Waals surface area contributed by atoms with E-state index >= 15 is 0 Å². The van der Waals surface area contributed by atoms with E-state index in [4.69, 9.17) is 5.73 Å². The molecule has 0 bridgehead atoms. The maximum absolute atomic E-state index is 12.0. The van der Waals surface area contributed by atoms with Gasteiger partial charge in [0.1, 0.15) is 0 Å². The lowest BCUT2D eigenvalue weighted by Crippen LogP contribution is -2.33. The first-order valence-corrected chi connectivity index (χ1v) is 7.50. The molecule has 98 valence electrons. The molecule has 3 nitrogen and oxygen atoms in total. The molecular weight excluding hydrogens is 222 g/mol. The fourth-order valence-corrected chi connectivity index (χ4v) is 3.12. The van der Waals surface area contributed by atoms with E-state index in [0.29, 0.717) is 6.42 Å². The van der Waals surface area contributed by atoms with E-state index in [1.165, 1.54) is 0 Å². The van der Waals surface area contributed by atoms with Crippen molar-refractivity contribution >= 4 is 9.84 Å². The van der Waals surface area contributed by atoms with Gasteiger partial charge in [-0.05, 0) is 46.0 Å². The quantitative estimate of drug-likeness (QED) is 0.813. The molecule has 0 aromatic rings. The highest BCUT2D eigenvalue weighted by Gasteiger charge is 2.31. The maximum Gasteiger partial charge on any atom is 0.155 e. The van der Waals surface area contributed by atoms with Crippen LogP contribution in [0.2, 0.25) is 0 Å². The van der Waals surface area contributed by atoms with Gasteiger partial charge in [-0.25, -0.2) is 8.42 Å². The normalized spacial score (nSPS) is 16.2. The summed E-state index contributed by atoms with van der Waals surface area (Å²) in [4.78, 5) is 0. The smallest absolute Gasteiger partial charge is 0.155 e. The average molecular weight is 249 g/mol. The molecule has 0 aromatic heterocycles. The first kappa shape index (κ1) is 15.9. The van der Waals surface area contributed by atoms with Gasteiger partial charge in [-0.3, -0.25) is 0 Å². The summed E-state index contributed by atoms with van der Waals surface area (Å²) in [5.74, 6) is 0.246. The summed E-state index contributed by atoms with van der Waals surface area (Å²) in [5.41, 5.74) is 5.75. The first-order valence-electron chi connectivity index (χ1n) is 5.85. The van der Waals surface area contributed by atoms with Gasteiger partial charge in [0, 0.05) is 6.04 Å². The second-order valence-corrected chi connectivity index (χ2v) is 9.39. The highest BCUT2D eigenvalue weighted by Crippen LogP contribution is 2.29. The van der Waals surface area contributed by atoms with Crippen molar-refractivity contribution in [2.75, 3.05) is 5.75 Å². The standard InChI is InChI=1S/C12H27NO2S/c1-10(13)9-12(5,6)7-8-16(14,15)11(2,3)4/h10H,7-9,13H2,1-6H3. The van der Waals surface area contributed by atoms with Crippen LogP contribution >= 0.6 is 0 Å². The van der Waals surface area contributed by atoms with Gasteiger partial charge in [0.25, 0.3) is 0 Å². The van der Waals surface area contributed by atoms with Crippen LogP contribution in [0, 0.1) is 5.41 Å². The lowest BCUT2D eigenvalue weighted by Gasteiger charge is -2.28. The summed E-state index contributed by atoms with van der Waals surface area (Å²) in [6.45, 7) is 11.4. The molecule has 0 saturated carbocycles. The third-order valence-electron chi connectivity index (χ3n) is 2.86. The molecule has 2 N–H and O–H groups in total. The molecule has 0 aliphatic carbocycles. The van der Waals surface area contributed by atoms with Crippen molar-refractivity contribution in [2.45, 2.75) is 65.2 Å². The minimum Gasteiger partial charge on any atom is -0.328 e. The predicted molar refractivity (Wildman–Crippen MR) is 70.2 cm³/mol. The molecule has 16 heavy (non-hydrogen) atoms. The minimum absolute atomic E-state index is 0.00745. The van der Waals surface area contributed by atoms with Crippen molar-refractivity contribution < 1.29 is 8.42 Å². The summed E-state index contributed by atoms with van der Waals surface area (Å²) >= 11 is 0. The Hall–Kier alpha value is -0.0900. The topological polar surface area (TPSA) is 60.2 Å². The van der Waals surface area contributed by atoms with Gasteiger partial charge in [-0.15, -0.1) is 0 Å². The Kier molecular flexibility index (Phi) is 5.02. The van der Waals surface area contributed by atoms with Gasteiger partial charge in [-0.2, -0.15) is 0 Å². The van der Waals surface area contributed by atoms with Crippen LogP contribution in [0.15, 0.2) is 0 Å². The van der Waals surface area contributed by atoms with Crippen molar-refractivity contribution in [3.05, 3.63) is 0 Å². The Balaban J connectivity index is 4.47. The van der Waals surface area contributed by atoms with Crippen LogP contribution in [0.1, 0.15) is 54.4 Å². The Bertz CT molecular complexity index is 310. The second-order valence-electron chi connectivity index (χ2n) is 6.53. The maximum atomic E-state index is 12.0. The molecule has 0 aliphatic heterocycles. The molecule has 0 fully saturated rings. The lowest BCUT2D eigenvalue weighted by atomic mass is 9.84. The monoisotopic (exact) mass is 249 g/mol. The molecule has 4 heteroatoms. The zero-order chi connectivity index (χ0) is 13.2. The number of hydrogen-bond donors (Lipinski definition) is 1. The van der Waals surface area contributed by atoms with E-state index in [-0.39, 0.29) is 17.2 Å². The van der Waals surface area contributed by atoms with Gasteiger partial charge >= 0.3 is 0 Å². The van der Waals surface area contributed by atoms with E-state index in [9.17, 15) is 8.42 Å². The van der Waals surface area contributed by atoms with Crippen LogP contribution in [0.5, 0.6) is 0 Å². The van der Waals surface area contributed by atoms with E-state index in [1.807, 2.05) is 6.92 Å². The number of rotatable bonds is 5. The van der Waals surface area contributed by atoms with Crippen LogP contribution in [0.25, 0.3) is 0 Å². The van der Waals surface area contributed by atoms with Crippen molar-refractivity contribution in [1.29, 1.82) is 0 Å². The van der Waals surface area contributed by atoms with Gasteiger partial charge in [-0.1, -0.05) is 13.8 Å². The molecule has 0 aromatic carbocycles. The van der Waals surface area contributed by atoms with E-state index < -0.39 is 14.6 Å². The molecule has 0 aliphatic rings. The van der Waals surface area contributed by atoms with Crippen LogP contribution in [-0.4, -0.2) is 25.0 Å². The molecule has 0 amide bonds. The van der Waals surface area contributed by atoms with Gasteiger partial charge < -0.3 is 5.73 Å². The molecule has 0 spiro atoms. The second kappa shape index (κ2) is 5.05. The fourth-order valence-electron chi connectivity index (χ4n) is 1.69. The summed E-state index contributed by atoms with van der Waals surface area (Å²) in [7, 11) is -3.01. The van der Waals surface area contributed by atoms with Crippen molar-refractivity contribution in [3.8, 4) is 0 Å². The molecule has 1 atom stereocenters. The van der Waals surface area contributed by atoms with Gasteiger partial charge in [0.15, 0.2) is 9.84 Å². The number of hydrogen-bond acceptors (Lipinski definition) is 3. The summed E-state index contributed by atoms with van der Waals surface area (Å²) in [6.07, 6.45) is 1.53. The highest BCUT2D eigenvalue weighted by atomic mass is 32.2. The molecular formula is C12H27NO2S. The van der Waals surface area contributed by atoms with E-state index in [0.717, 1.165) is 6.42 Å². The Labute approximate surface area is 101 Å². The summed E-state index contributed by atoms with van der Waals surface area (Å²) in [6, 6.07) is 0.118. The highest BCUT2D eigenvalue weighted by molar-refractivity contribution is 7.92. The van der Waals surface area contributed by atoms with Crippen molar-refractivity contribution in [3.63, 3.8) is 0 Å². The summed E-state index contributed by atoms with van der Waals surface area (Å²) in [5, 5.41) is 0. The molecule has 0 heterocycles. The van der Waals surface area contributed by atoms with Gasteiger partial charge in [0.2, 0.25) is 0 Å². The minimum atomic E-state index is -3.01. The van der Waals surface area contributed by atoms with Gasteiger partial charge in [0.05, 0.1) is 10.5 Å².